The zero-order valence-corrected chi connectivity index (χ0v) is 14.6. The lowest BCUT2D eigenvalue weighted by atomic mass is 9.90. The van der Waals surface area contributed by atoms with Crippen LogP contribution >= 0.6 is 11.6 Å². The van der Waals surface area contributed by atoms with E-state index in [4.69, 9.17) is 16.3 Å². The maximum absolute atomic E-state index is 12.7. The van der Waals surface area contributed by atoms with Crippen molar-refractivity contribution >= 4 is 17.4 Å². The molecule has 4 heteroatoms. The third-order valence-electron chi connectivity index (χ3n) is 4.55. The lowest BCUT2D eigenvalue weighted by Crippen LogP contribution is -2.38. The maximum atomic E-state index is 12.7. The largest absolute Gasteiger partial charge is 0.497 e. The SMILES string of the molecule is COc1cccc(CN2CCCC(C(=O)c3ccc(Cl)cc3)C2)c1. The van der Waals surface area contributed by atoms with Crippen molar-refractivity contribution in [1.29, 1.82) is 0 Å². The molecule has 0 saturated carbocycles. The van der Waals surface area contributed by atoms with Gasteiger partial charge in [-0.1, -0.05) is 23.7 Å². The van der Waals surface area contributed by atoms with E-state index in [1.165, 1.54) is 5.56 Å². The summed E-state index contributed by atoms with van der Waals surface area (Å²) in [6.45, 7) is 2.68. The second-order valence-corrected chi connectivity index (χ2v) is 6.73. The Labute approximate surface area is 148 Å². The van der Waals surface area contributed by atoms with Crippen LogP contribution in [0.1, 0.15) is 28.8 Å². The van der Waals surface area contributed by atoms with Gasteiger partial charge in [-0.2, -0.15) is 0 Å². The molecule has 1 aliphatic rings. The number of likely N-dealkylation sites (tertiary alicyclic amines) is 1. The Morgan fingerprint density at radius 2 is 2.04 bits per heavy atom. The molecule has 0 N–H and O–H groups in total. The molecular formula is C20H22ClNO2. The summed E-state index contributed by atoms with van der Waals surface area (Å²) in [6, 6.07) is 15.3. The van der Waals surface area contributed by atoms with Gasteiger partial charge in [0.2, 0.25) is 0 Å². The Morgan fingerprint density at radius 1 is 1.25 bits per heavy atom. The van der Waals surface area contributed by atoms with Crippen LogP contribution in [-0.4, -0.2) is 30.9 Å². The van der Waals surface area contributed by atoms with Gasteiger partial charge in [0.25, 0.3) is 0 Å². The molecule has 1 saturated heterocycles. The summed E-state index contributed by atoms with van der Waals surface area (Å²) < 4.78 is 5.29. The summed E-state index contributed by atoms with van der Waals surface area (Å²) in [4.78, 5) is 15.1. The average molecular weight is 344 g/mol. The number of ketones is 1. The van der Waals surface area contributed by atoms with Crippen LogP contribution in [0.2, 0.25) is 5.02 Å². The number of methoxy groups -OCH3 is 1. The van der Waals surface area contributed by atoms with E-state index in [1.54, 1.807) is 19.2 Å². The second kappa shape index (κ2) is 7.82. The summed E-state index contributed by atoms with van der Waals surface area (Å²) in [5.74, 6) is 1.16. The number of Topliss-reactive ketones (excluding diaryl/α,β-unsaturated/α-hetero) is 1. The molecule has 1 aliphatic heterocycles. The number of hydrogen-bond donors (Lipinski definition) is 0. The molecule has 0 spiro atoms. The minimum absolute atomic E-state index is 0.0607. The minimum Gasteiger partial charge on any atom is -0.497 e. The lowest BCUT2D eigenvalue weighted by Gasteiger charge is -2.32. The van der Waals surface area contributed by atoms with E-state index in [1.807, 2.05) is 24.3 Å². The molecule has 3 rings (SSSR count). The number of ether oxygens (including phenoxy) is 1. The Morgan fingerprint density at radius 3 is 2.79 bits per heavy atom. The predicted octanol–water partition coefficient (Wildman–Crippen LogP) is 4.44. The molecule has 2 aromatic rings. The van der Waals surface area contributed by atoms with Crippen molar-refractivity contribution in [2.24, 2.45) is 5.92 Å². The number of hydrogen-bond acceptors (Lipinski definition) is 3. The third kappa shape index (κ3) is 4.16. The van der Waals surface area contributed by atoms with E-state index >= 15 is 0 Å². The van der Waals surface area contributed by atoms with Gasteiger partial charge in [-0.25, -0.2) is 0 Å². The molecular weight excluding hydrogens is 322 g/mol. The zero-order chi connectivity index (χ0) is 16.9. The monoisotopic (exact) mass is 343 g/mol. The molecule has 0 bridgehead atoms. The van der Waals surface area contributed by atoms with Crippen molar-refractivity contribution in [1.82, 2.24) is 4.90 Å². The number of benzene rings is 2. The molecule has 0 aromatic heterocycles. The van der Waals surface area contributed by atoms with Gasteiger partial charge in [0.1, 0.15) is 5.75 Å². The fraction of sp³-hybridized carbons (Fsp3) is 0.350. The first-order valence-electron chi connectivity index (χ1n) is 8.31. The van der Waals surface area contributed by atoms with Gasteiger partial charge in [-0.15, -0.1) is 0 Å². The topological polar surface area (TPSA) is 29.5 Å². The van der Waals surface area contributed by atoms with Crippen molar-refractivity contribution in [2.75, 3.05) is 20.2 Å². The Balaban J connectivity index is 1.65. The number of carbonyl (C=O) groups excluding carboxylic acids is 1. The molecule has 126 valence electrons. The molecule has 3 nitrogen and oxygen atoms in total. The quantitative estimate of drug-likeness (QED) is 0.751. The summed E-state index contributed by atoms with van der Waals surface area (Å²) in [5.41, 5.74) is 1.97. The van der Waals surface area contributed by atoms with Crippen molar-refractivity contribution in [3.63, 3.8) is 0 Å². The molecule has 1 heterocycles. The number of piperidine rings is 1. The number of halogens is 1. The molecule has 0 radical (unpaired) electrons. The standard InChI is InChI=1S/C20H22ClNO2/c1-24-19-6-2-4-15(12-19)13-22-11-3-5-17(14-22)20(23)16-7-9-18(21)10-8-16/h2,4,6-10,12,17H,3,5,11,13-14H2,1H3. The van der Waals surface area contributed by atoms with Crippen LogP contribution in [0.4, 0.5) is 0 Å². The fourth-order valence-electron chi connectivity index (χ4n) is 3.29. The predicted molar refractivity (Wildman–Crippen MR) is 96.8 cm³/mol. The molecule has 24 heavy (non-hydrogen) atoms. The van der Waals surface area contributed by atoms with Gasteiger partial charge in [-0.3, -0.25) is 9.69 Å². The smallest absolute Gasteiger partial charge is 0.167 e. The van der Waals surface area contributed by atoms with Crippen LogP contribution in [0.15, 0.2) is 48.5 Å². The van der Waals surface area contributed by atoms with E-state index in [0.717, 1.165) is 43.8 Å². The first kappa shape index (κ1) is 17.0. The first-order chi connectivity index (χ1) is 11.7. The van der Waals surface area contributed by atoms with Crippen molar-refractivity contribution in [3.8, 4) is 5.75 Å². The van der Waals surface area contributed by atoms with Crippen molar-refractivity contribution in [2.45, 2.75) is 19.4 Å². The fourth-order valence-corrected chi connectivity index (χ4v) is 3.42. The highest BCUT2D eigenvalue weighted by molar-refractivity contribution is 6.30. The first-order valence-corrected chi connectivity index (χ1v) is 8.68. The number of carbonyl (C=O) groups is 1. The molecule has 0 aliphatic carbocycles. The Kier molecular flexibility index (Phi) is 5.54. The molecule has 1 atom stereocenters. The van der Waals surface area contributed by atoms with E-state index in [2.05, 4.69) is 17.0 Å². The highest BCUT2D eigenvalue weighted by atomic mass is 35.5. The second-order valence-electron chi connectivity index (χ2n) is 6.30. The van der Waals surface area contributed by atoms with Crippen LogP contribution in [-0.2, 0) is 6.54 Å². The normalized spacial score (nSPS) is 18.3. The van der Waals surface area contributed by atoms with Crippen LogP contribution in [0.5, 0.6) is 5.75 Å². The summed E-state index contributed by atoms with van der Waals surface area (Å²) in [6.07, 6.45) is 2.00. The highest BCUT2D eigenvalue weighted by Crippen LogP contribution is 2.24. The Bertz CT molecular complexity index is 699. The average Bonchev–Trinajstić information content (AvgIpc) is 2.62. The van der Waals surface area contributed by atoms with Crippen LogP contribution in [0.25, 0.3) is 0 Å². The summed E-state index contributed by atoms with van der Waals surface area (Å²) in [7, 11) is 1.68. The van der Waals surface area contributed by atoms with Gasteiger partial charge in [0.05, 0.1) is 7.11 Å². The number of rotatable bonds is 5. The van der Waals surface area contributed by atoms with Crippen molar-refractivity contribution in [3.05, 3.63) is 64.7 Å². The van der Waals surface area contributed by atoms with E-state index in [-0.39, 0.29) is 11.7 Å². The number of nitrogens with zero attached hydrogens (tertiary/aromatic N) is 1. The third-order valence-corrected chi connectivity index (χ3v) is 4.80. The lowest BCUT2D eigenvalue weighted by molar-refractivity contribution is 0.0811. The molecule has 2 aromatic carbocycles. The maximum Gasteiger partial charge on any atom is 0.167 e. The van der Waals surface area contributed by atoms with Gasteiger partial charge < -0.3 is 4.74 Å². The molecule has 1 unspecified atom stereocenters. The van der Waals surface area contributed by atoms with Crippen molar-refractivity contribution < 1.29 is 9.53 Å². The summed E-state index contributed by atoms with van der Waals surface area (Å²) >= 11 is 5.91. The van der Waals surface area contributed by atoms with E-state index < -0.39 is 0 Å². The van der Waals surface area contributed by atoms with Gasteiger partial charge >= 0.3 is 0 Å². The van der Waals surface area contributed by atoms with Gasteiger partial charge in [0.15, 0.2) is 5.78 Å². The molecule has 0 amide bonds. The van der Waals surface area contributed by atoms with Crippen LogP contribution in [0.3, 0.4) is 0 Å². The van der Waals surface area contributed by atoms with Crippen LogP contribution in [0, 0.1) is 5.92 Å². The minimum atomic E-state index is 0.0607. The van der Waals surface area contributed by atoms with Gasteiger partial charge in [-0.05, 0) is 61.3 Å². The highest BCUT2D eigenvalue weighted by Gasteiger charge is 2.26. The Hall–Kier alpha value is -1.84. The van der Waals surface area contributed by atoms with E-state index in [9.17, 15) is 4.79 Å². The summed E-state index contributed by atoms with van der Waals surface area (Å²) in [5, 5.41) is 0.662. The molecule has 1 fully saturated rings. The van der Waals surface area contributed by atoms with Gasteiger partial charge in [0, 0.05) is 29.6 Å². The zero-order valence-electron chi connectivity index (χ0n) is 13.9. The van der Waals surface area contributed by atoms with Crippen LogP contribution < -0.4 is 4.74 Å². The van der Waals surface area contributed by atoms with E-state index in [0.29, 0.717) is 5.02 Å².